The quantitative estimate of drug-likeness (QED) is 0.800. The number of hydrogen-bond acceptors (Lipinski definition) is 3. The minimum atomic E-state index is -0.151. The van der Waals surface area contributed by atoms with Crippen molar-refractivity contribution in [3.8, 4) is 0 Å². The Morgan fingerprint density at radius 3 is 2.74 bits per heavy atom. The molecule has 0 aliphatic heterocycles. The molecular formula is C17H18N4O2. The van der Waals surface area contributed by atoms with Gasteiger partial charge in [-0.05, 0) is 18.2 Å². The van der Waals surface area contributed by atoms with Crippen LogP contribution in [0.5, 0.6) is 0 Å². The third-order valence-corrected chi connectivity index (χ3v) is 3.72. The Kier molecular flexibility index (Phi) is 3.97. The van der Waals surface area contributed by atoms with Crippen molar-refractivity contribution in [2.45, 2.75) is 19.9 Å². The summed E-state index contributed by atoms with van der Waals surface area (Å²) in [6, 6.07) is 10.8. The second-order valence-electron chi connectivity index (χ2n) is 5.37. The lowest BCUT2D eigenvalue weighted by molar-refractivity contribution is -0.116. The van der Waals surface area contributed by atoms with Crippen LogP contribution in [0.1, 0.15) is 12.7 Å². The number of aromatic nitrogens is 3. The van der Waals surface area contributed by atoms with E-state index < -0.39 is 0 Å². The topological polar surface area (TPSA) is 68.9 Å². The molecule has 0 saturated carbocycles. The van der Waals surface area contributed by atoms with Gasteiger partial charge < -0.3 is 14.5 Å². The number of imidazole rings is 1. The normalized spacial score (nSPS) is 10.9. The van der Waals surface area contributed by atoms with Gasteiger partial charge in [0.2, 0.25) is 11.5 Å². The molecule has 118 valence electrons. The van der Waals surface area contributed by atoms with Gasteiger partial charge in [-0.25, -0.2) is 4.98 Å². The van der Waals surface area contributed by atoms with E-state index in [1.165, 1.54) is 10.6 Å². The standard InChI is InChI=1S/C17H18N4O2/c1-3-15-19-13-6-4-5-7-14(13)21(15)11-16(22)18-12-8-9-17(23)20(2)10-12/h4-10H,3,11H2,1-2H3,(H,18,22). The summed E-state index contributed by atoms with van der Waals surface area (Å²) < 4.78 is 3.35. The first kappa shape index (κ1) is 15.0. The van der Waals surface area contributed by atoms with E-state index in [1.807, 2.05) is 35.8 Å². The molecule has 0 saturated heterocycles. The molecule has 0 aliphatic carbocycles. The zero-order chi connectivity index (χ0) is 16.4. The van der Waals surface area contributed by atoms with Gasteiger partial charge in [0.25, 0.3) is 0 Å². The largest absolute Gasteiger partial charge is 0.323 e. The summed E-state index contributed by atoms with van der Waals surface area (Å²) in [6.45, 7) is 2.20. The highest BCUT2D eigenvalue weighted by Gasteiger charge is 2.12. The number of nitrogens with one attached hydrogen (secondary N) is 1. The third-order valence-electron chi connectivity index (χ3n) is 3.72. The Bertz CT molecular complexity index is 924. The van der Waals surface area contributed by atoms with Crippen molar-refractivity contribution in [1.82, 2.24) is 14.1 Å². The molecule has 0 radical (unpaired) electrons. The van der Waals surface area contributed by atoms with Gasteiger partial charge in [0.15, 0.2) is 0 Å². The van der Waals surface area contributed by atoms with Crippen molar-refractivity contribution in [3.05, 3.63) is 58.8 Å². The molecule has 6 heteroatoms. The molecule has 0 atom stereocenters. The van der Waals surface area contributed by atoms with Crippen LogP contribution in [-0.2, 0) is 24.8 Å². The van der Waals surface area contributed by atoms with Crippen LogP contribution in [0.25, 0.3) is 11.0 Å². The summed E-state index contributed by atoms with van der Waals surface area (Å²) in [5.74, 6) is 0.725. The lowest BCUT2D eigenvalue weighted by Gasteiger charge is -2.10. The minimum absolute atomic E-state index is 0.114. The fourth-order valence-electron chi connectivity index (χ4n) is 2.58. The zero-order valence-corrected chi connectivity index (χ0v) is 13.1. The summed E-state index contributed by atoms with van der Waals surface area (Å²) in [6.07, 6.45) is 2.36. The smallest absolute Gasteiger partial charge is 0.250 e. The molecule has 6 nitrogen and oxygen atoms in total. The first-order valence-electron chi connectivity index (χ1n) is 7.49. The molecule has 1 amide bonds. The summed E-state index contributed by atoms with van der Waals surface area (Å²) in [4.78, 5) is 28.3. The molecular weight excluding hydrogens is 292 g/mol. The fraction of sp³-hybridized carbons (Fsp3) is 0.235. The van der Waals surface area contributed by atoms with Crippen molar-refractivity contribution in [3.63, 3.8) is 0 Å². The van der Waals surface area contributed by atoms with Gasteiger partial charge in [-0.3, -0.25) is 9.59 Å². The molecule has 0 fully saturated rings. The van der Waals surface area contributed by atoms with Crippen LogP contribution in [-0.4, -0.2) is 20.0 Å². The lowest BCUT2D eigenvalue weighted by Crippen LogP contribution is -2.22. The van der Waals surface area contributed by atoms with E-state index >= 15 is 0 Å². The Morgan fingerprint density at radius 1 is 1.22 bits per heavy atom. The van der Waals surface area contributed by atoms with Gasteiger partial charge in [0.05, 0.1) is 16.7 Å². The minimum Gasteiger partial charge on any atom is -0.323 e. The summed E-state index contributed by atoms with van der Waals surface area (Å²) in [7, 11) is 1.65. The number of amides is 1. The number of benzene rings is 1. The number of anilines is 1. The van der Waals surface area contributed by atoms with E-state index in [0.29, 0.717) is 5.69 Å². The lowest BCUT2D eigenvalue weighted by atomic mass is 10.3. The monoisotopic (exact) mass is 310 g/mol. The Balaban J connectivity index is 1.85. The number of pyridine rings is 1. The molecule has 2 heterocycles. The maximum atomic E-state index is 12.3. The molecule has 0 aliphatic rings. The number of para-hydroxylation sites is 2. The highest BCUT2D eigenvalue weighted by molar-refractivity contribution is 5.91. The molecule has 0 bridgehead atoms. The van der Waals surface area contributed by atoms with Crippen LogP contribution in [0.2, 0.25) is 0 Å². The van der Waals surface area contributed by atoms with E-state index in [1.54, 1.807) is 19.3 Å². The van der Waals surface area contributed by atoms with Gasteiger partial charge in [0.1, 0.15) is 12.4 Å². The molecule has 0 unspecified atom stereocenters. The highest BCUT2D eigenvalue weighted by atomic mass is 16.2. The molecule has 1 N–H and O–H groups in total. The van der Waals surface area contributed by atoms with Crippen molar-refractivity contribution < 1.29 is 4.79 Å². The summed E-state index contributed by atoms with van der Waals surface area (Å²) in [5, 5.41) is 2.82. The molecule has 23 heavy (non-hydrogen) atoms. The SMILES string of the molecule is CCc1nc2ccccc2n1CC(=O)Nc1ccc(=O)n(C)c1. The van der Waals surface area contributed by atoms with E-state index in [0.717, 1.165) is 23.3 Å². The third kappa shape index (κ3) is 3.01. The van der Waals surface area contributed by atoms with Crippen molar-refractivity contribution in [2.75, 3.05) is 5.32 Å². The summed E-state index contributed by atoms with van der Waals surface area (Å²) >= 11 is 0. The van der Waals surface area contributed by atoms with Gasteiger partial charge in [-0.1, -0.05) is 19.1 Å². The first-order chi connectivity index (χ1) is 11.1. The molecule has 0 spiro atoms. The maximum absolute atomic E-state index is 12.3. The number of aryl methyl sites for hydroxylation is 2. The average molecular weight is 310 g/mol. The van der Waals surface area contributed by atoms with E-state index in [2.05, 4.69) is 10.3 Å². The van der Waals surface area contributed by atoms with Gasteiger partial charge >= 0.3 is 0 Å². The zero-order valence-electron chi connectivity index (χ0n) is 13.1. The van der Waals surface area contributed by atoms with Crippen LogP contribution in [0.4, 0.5) is 5.69 Å². The molecule has 3 aromatic rings. The second-order valence-corrected chi connectivity index (χ2v) is 5.37. The average Bonchev–Trinajstić information content (AvgIpc) is 2.89. The van der Waals surface area contributed by atoms with Crippen molar-refractivity contribution in [1.29, 1.82) is 0 Å². The van der Waals surface area contributed by atoms with E-state index in [9.17, 15) is 9.59 Å². The van der Waals surface area contributed by atoms with Crippen molar-refractivity contribution >= 4 is 22.6 Å². The first-order valence-corrected chi connectivity index (χ1v) is 7.49. The Labute approximate surface area is 133 Å². The van der Waals surface area contributed by atoms with Crippen LogP contribution >= 0.6 is 0 Å². The summed E-state index contributed by atoms with van der Waals surface area (Å²) in [5.41, 5.74) is 2.32. The van der Waals surface area contributed by atoms with Crippen LogP contribution in [0.3, 0.4) is 0 Å². The van der Waals surface area contributed by atoms with Gasteiger partial charge in [-0.15, -0.1) is 0 Å². The number of fused-ring (bicyclic) bond motifs is 1. The van der Waals surface area contributed by atoms with Crippen LogP contribution in [0.15, 0.2) is 47.4 Å². The van der Waals surface area contributed by atoms with E-state index in [-0.39, 0.29) is 18.0 Å². The van der Waals surface area contributed by atoms with Crippen molar-refractivity contribution in [2.24, 2.45) is 7.05 Å². The van der Waals surface area contributed by atoms with E-state index in [4.69, 9.17) is 0 Å². The van der Waals surface area contributed by atoms with Crippen LogP contribution in [0, 0.1) is 0 Å². The number of hydrogen-bond donors (Lipinski definition) is 1. The number of carbonyl (C=O) groups is 1. The van der Waals surface area contributed by atoms with Gasteiger partial charge in [0, 0.05) is 25.7 Å². The second kappa shape index (κ2) is 6.08. The Morgan fingerprint density at radius 2 is 2.00 bits per heavy atom. The predicted molar refractivity (Wildman–Crippen MR) is 89.4 cm³/mol. The predicted octanol–water partition coefficient (Wildman–Crippen LogP) is 1.94. The highest BCUT2D eigenvalue weighted by Crippen LogP contribution is 2.16. The molecule has 1 aromatic carbocycles. The number of rotatable bonds is 4. The number of nitrogens with zero attached hydrogens (tertiary/aromatic N) is 3. The molecule has 3 rings (SSSR count). The van der Waals surface area contributed by atoms with Crippen LogP contribution < -0.4 is 10.9 Å². The fourth-order valence-corrected chi connectivity index (χ4v) is 2.58. The molecule has 2 aromatic heterocycles. The van der Waals surface area contributed by atoms with Gasteiger partial charge in [-0.2, -0.15) is 0 Å². The number of carbonyl (C=O) groups excluding carboxylic acids is 1. The Hall–Kier alpha value is -2.89. The maximum Gasteiger partial charge on any atom is 0.250 e.